The minimum Gasteiger partial charge on any atom is -0.421 e. The van der Waals surface area contributed by atoms with Gasteiger partial charge in [0.15, 0.2) is 0 Å². The van der Waals surface area contributed by atoms with Crippen molar-refractivity contribution in [3.63, 3.8) is 0 Å². The van der Waals surface area contributed by atoms with Crippen molar-refractivity contribution in [2.24, 2.45) is 0 Å². The summed E-state index contributed by atoms with van der Waals surface area (Å²) in [6, 6.07) is 4.68. The average molecular weight is 303 g/mol. The molecule has 1 saturated heterocycles. The van der Waals surface area contributed by atoms with Gasteiger partial charge in [0.05, 0.1) is 0 Å². The number of aromatic nitrogens is 1. The normalized spacial score (nSPS) is 20.9. The molecule has 3 rings (SSSR count). The lowest BCUT2D eigenvalue weighted by Crippen LogP contribution is -2.40. The number of nitrogen functional groups attached to an aromatic ring is 1. The predicted molar refractivity (Wildman–Crippen MR) is 80.0 cm³/mol. The number of hydrogen-bond donors (Lipinski definition) is 3. The molecule has 1 aliphatic heterocycles. The van der Waals surface area contributed by atoms with Crippen LogP contribution in [0.1, 0.15) is 19.4 Å². The van der Waals surface area contributed by atoms with Gasteiger partial charge in [-0.05, 0) is 17.7 Å². The molecule has 0 bridgehead atoms. The SMILES string of the molecule is CC1(C)OC(=O)NC(Cc2c[nH]c3cc(N)ccc23)C(=O)O1. The highest BCUT2D eigenvalue weighted by Crippen LogP contribution is 2.23. The van der Waals surface area contributed by atoms with E-state index in [1.54, 1.807) is 12.3 Å². The number of esters is 1. The van der Waals surface area contributed by atoms with Crippen molar-refractivity contribution in [3.8, 4) is 0 Å². The van der Waals surface area contributed by atoms with Crippen LogP contribution in [0, 0.1) is 0 Å². The highest BCUT2D eigenvalue weighted by atomic mass is 16.7. The second-order valence-electron chi connectivity index (χ2n) is 5.73. The molecule has 22 heavy (non-hydrogen) atoms. The number of H-pyrrole nitrogens is 1. The van der Waals surface area contributed by atoms with Gasteiger partial charge < -0.3 is 25.5 Å². The first kappa shape index (κ1) is 14.2. The Balaban J connectivity index is 1.87. The smallest absolute Gasteiger partial charge is 0.411 e. The first-order valence-electron chi connectivity index (χ1n) is 6.92. The van der Waals surface area contributed by atoms with Crippen LogP contribution in [0.5, 0.6) is 0 Å². The van der Waals surface area contributed by atoms with Gasteiger partial charge in [-0.3, -0.25) is 0 Å². The number of rotatable bonds is 2. The zero-order valence-electron chi connectivity index (χ0n) is 12.3. The first-order valence-corrected chi connectivity index (χ1v) is 6.92. The standard InChI is InChI=1S/C15H17N3O4/c1-15(2)21-13(19)12(18-14(20)22-15)5-8-7-17-11-6-9(16)3-4-10(8)11/h3-4,6-7,12,17H,5,16H2,1-2H3,(H,18,20). The van der Waals surface area contributed by atoms with Gasteiger partial charge in [0.25, 0.3) is 5.79 Å². The number of nitrogens with one attached hydrogen (secondary N) is 2. The number of ether oxygens (including phenoxy) is 2. The third kappa shape index (κ3) is 2.69. The Morgan fingerprint density at radius 3 is 2.82 bits per heavy atom. The Bertz CT molecular complexity index is 750. The number of amides is 1. The lowest BCUT2D eigenvalue weighted by atomic mass is 10.0. The van der Waals surface area contributed by atoms with Crippen molar-refractivity contribution >= 4 is 28.7 Å². The molecule has 1 amide bonds. The largest absolute Gasteiger partial charge is 0.421 e. The molecule has 0 spiro atoms. The Hall–Kier alpha value is -2.70. The molecule has 116 valence electrons. The van der Waals surface area contributed by atoms with Crippen LogP contribution in [-0.4, -0.2) is 28.9 Å². The molecule has 0 saturated carbocycles. The number of cyclic esters (lactones) is 2. The zero-order chi connectivity index (χ0) is 15.9. The minimum atomic E-state index is -1.27. The lowest BCUT2D eigenvalue weighted by Gasteiger charge is -2.21. The summed E-state index contributed by atoms with van der Waals surface area (Å²) >= 11 is 0. The molecule has 1 atom stereocenters. The van der Waals surface area contributed by atoms with E-state index in [1.165, 1.54) is 13.8 Å². The number of benzene rings is 1. The van der Waals surface area contributed by atoms with E-state index < -0.39 is 23.9 Å². The van der Waals surface area contributed by atoms with Crippen molar-refractivity contribution in [2.75, 3.05) is 5.73 Å². The van der Waals surface area contributed by atoms with Gasteiger partial charge in [-0.1, -0.05) is 6.07 Å². The topological polar surface area (TPSA) is 106 Å². The lowest BCUT2D eigenvalue weighted by molar-refractivity contribution is -0.189. The average Bonchev–Trinajstić information content (AvgIpc) is 2.74. The van der Waals surface area contributed by atoms with E-state index >= 15 is 0 Å². The van der Waals surface area contributed by atoms with E-state index in [9.17, 15) is 9.59 Å². The predicted octanol–water partition coefficient (Wildman–Crippen LogP) is 1.68. The third-order valence-corrected chi connectivity index (χ3v) is 3.48. The molecule has 7 heteroatoms. The molecule has 7 nitrogen and oxygen atoms in total. The zero-order valence-corrected chi connectivity index (χ0v) is 12.3. The first-order chi connectivity index (χ1) is 10.3. The highest BCUT2D eigenvalue weighted by Gasteiger charge is 2.37. The van der Waals surface area contributed by atoms with Gasteiger partial charge >= 0.3 is 12.1 Å². The van der Waals surface area contributed by atoms with Crippen molar-refractivity contribution in [1.29, 1.82) is 0 Å². The summed E-state index contributed by atoms with van der Waals surface area (Å²) in [6.07, 6.45) is 1.42. The Morgan fingerprint density at radius 2 is 2.05 bits per heavy atom. The molecule has 1 unspecified atom stereocenters. The van der Waals surface area contributed by atoms with Crippen LogP contribution in [0.4, 0.5) is 10.5 Å². The fourth-order valence-electron chi connectivity index (χ4n) is 2.52. The quantitative estimate of drug-likeness (QED) is 0.578. The van der Waals surface area contributed by atoms with Gasteiger partial charge in [-0.25, -0.2) is 9.59 Å². The van der Waals surface area contributed by atoms with Gasteiger partial charge in [-0.15, -0.1) is 0 Å². The second kappa shape index (κ2) is 4.94. The molecule has 1 aliphatic rings. The van der Waals surface area contributed by atoms with E-state index in [1.807, 2.05) is 12.1 Å². The number of anilines is 1. The second-order valence-corrected chi connectivity index (χ2v) is 5.73. The molecule has 1 aromatic heterocycles. The summed E-state index contributed by atoms with van der Waals surface area (Å²) in [4.78, 5) is 26.9. The summed E-state index contributed by atoms with van der Waals surface area (Å²) < 4.78 is 10.2. The third-order valence-electron chi connectivity index (χ3n) is 3.48. The van der Waals surface area contributed by atoms with E-state index in [4.69, 9.17) is 15.2 Å². The summed E-state index contributed by atoms with van der Waals surface area (Å²) in [6.45, 7) is 3.03. The molecule has 1 aromatic carbocycles. The van der Waals surface area contributed by atoms with Gasteiger partial charge in [0, 0.05) is 43.1 Å². The van der Waals surface area contributed by atoms with Crippen LogP contribution in [0.15, 0.2) is 24.4 Å². The van der Waals surface area contributed by atoms with E-state index in [-0.39, 0.29) is 0 Å². The molecular weight excluding hydrogens is 286 g/mol. The summed E-state index contributed by atoms with van der Waals surface area (Å²) in [5, 5.41) is 3.47. The number of carbonyl (C=O) groups is 2. The Morgan fingerprint density at radius 1 is 1.27 bits per heavy atom. The number of aromatic amines is 1. The Labute approximate surface area is 126 Å². The molecule has 4 N–H and O–H groups in total. The van der Waals surface area contributed by atoms with Crippen LogP contribution in [0.25, 0.3) is 10.9 Å². The fraction of sp³-hybridized carbons (Fsp3) is 0.333. The number of carbonyl (C=O) groups excluding carboxylic acids is 2. The summed E-state index contributed by atoms with van der Waals surface area (Å²) in [5.41, 5.74) is 8.15. The molecule has 2 heterocycles. The van der Waals surface area contributed by atoms with Crippen LogP contribution in [0.3, 0.4) is 0 Å². The molecular formula is C15H17N3O4. The number of hydrogen-bond acceptors (Lipinski definition) is 5. The van der Waals surface area contributed by atoms with Gasteiger partial charge in [0.1, 0.15) is 6.04 Å². The van der Waals surface area contributed by atoms with Crippen molar-refractivity contribution in [3.05, 3.63) is 30.0 Å². The minimum absolute atomic E-state index is 0.300. The maximum atomic E-state index is 12.1. The maximum absolute atomic E-state index is 12.1. The van der Waals surface area contributed by atoms with Crippen LogP contribution in [0.2, 0.25) is 0 Å². The molecule has 0 aliphatic carbocycles. The monoisotopic (exact) mass is 303 g/mol. The maximum Gasteiger partial charge on any atom is 0.411 e. The van der Waals surface area contributed by atoms with E-state index in [2.05, 4.69) is 10.3 Å². The number of alkyl carbamates (subject to hydrolysis) is 1. The molecule has 1 fully saturated rings. The van der Waals surface area contributed by atoms with Crippen molar-refractivity contribution in [2.45, 2.75) is 32.1 Å². The van der Waals surface area contributed by atoms with Crippen LogP contribution >= 0.6 is 0 Å². The van der Waals surface area contributed by atoms with E-state index in [0.29, 0.717) is 12.1 Å². The summed E-state index contributed by atoms with van der Waals surface area (Å²) in [5.74, 6) is -1.80. The summed E-state index contributed by atoms with van der Waals surface area (Å²) in [7, 11) is 0. The molecule has 2 aromatic rings. The van der Waals surface area contributed by atoms with Gasteiger partial charge in [-0.2, -0.15) is 0 Å². The number of nitrogens with two attached hydrogens (primary N) is 1. The van der Waals surface area contributed by atoms with E-state index in [0.717, 1.165) is 16.5 Å². The van der Waals surface area contributed by atoms with Gasteiger partial charge in [0.2, 0.25) is 0 Å². The number of fused-ring (bicyclic) bond motifs is 1. The molecule has 0 radical (unpaired) electrons. The van der Waals surface area contributed by atoms with Crippen LogP contribution < -0.4 is 11.1 Å². The highest BCUT2D eigenvalue weighted by molar-refractivity contribution is 5.88. The van der Waals surface area contributed by atoms with Crippen molar-refractivity contribution in [1.82, 2.24) is 10.3 Å². The van der Waals surface area contributed by atoms with Crippen molar-refractivity contribution < 1.29 is 19.1 Å². The fourth-order valence-corrected chi connectivity index (χ4v) is 2.52. The van der Waals surface area contributed by atoms with Crippen LogP contribution in [-0.2, 0) is 20.7 Å². The Kier molecular flexibility index (Phi) is 3.20.